The van der Waals surface area contributed by atoms with Gasteiger partial charge in [-0.15, -0.1) is 0 Å². The predicted molar refractivity (Wildman–Crippen MR) is 105 cm³/mol. The van der Waals surface area contributed by atoms with Gasteiger partial charge in [-0.05, 0) is 36.8 Å². The molecule has 0 aliphatic rings. The van der Waals surface area contributed by atoms with Gasteiger partial charge >= 0.3 is 0 Å². The van der Waals surface area contributed by atoms with Crippen LogP contribution in [0.3, 0.4) is 0 Å². The fourth-order valence-corrected chi connectivity index (χ4v) is 2.76. The summed E-state index contributed by atoms with van der Waals surface area (Å²) in [4.78, 5) is 18.5. The first-order chi connectivity index (χ1) is 12.7. The molecular formula is C22H22N2O2. The van der Waals surface area contributed by atoms with Gasteiger partial charge in [0.05, 0.1) is 12.1 Å². The molecule has 1 amide bonds. The van der Waals surface area contributed by atoms with Crippen LogP contribution in [0.4, 0.5) is 0 Å². The molecule has 4 nitrogen and oxygen atoms in total. The zero-order valence-corrected chi connectivity index (χ0v) is 15.1. The monoisotopic (exact) mass is 346 g/mol. The lowest BCUT2D eigenvalue weighted by Crippen LogP contribution is -2.24. The summed E-state index contributed by atoms with van der Waals surface area (Å²) in [6.07, 6.45) is 5.18. The first-order valence-corrected chi connectivity index (χ1v) is 8.66. The van der Waals surface area contributed by atoms with Gasteiger partial charge in [0.1, 0.15) is 5.75 Å². The number of hydrogen-bond acceptors (Lipinski definition) is 3. The Labute approximate surface area is 153 Å². The molecule has 3 aromatic rings. The number of benzene rings is 2. The fourth-order valence-electron chi connectivity index (χ4n) is 2.76. The molecule has 0 atom stereocenters. The molecular weight excluding hydrogens is 324 g/mol. The summed E-state index contributed by atoms with van der Waals surface area (Å²) >= 11 is 0. The van der Waals surface area contributed by atoms with Gasteiger partial charge in [0.15, 0.2) is 0 Å². The second kappa shape index (κ2) is 8.30. The molecule has 0 saturated carbocycles. The third-order valence-corrected chi connectivity index (χ3v) is 4.10. The number of carbonyl (C=O) groups excluding carboxylic acids is 1. The molecule has 0 aliphatic carbocycles. The lowest BCUT2D eigenvalue weighted by Gasteiger charge is -2.15. The van der Waals surface area contributed by atoms with E-state index in [0.29, 0.717) is 13.2 Å². The number of ether oxygens (including phenoxy) is 1. The SMILES string of the molecule is CCOc1ccc(CN(C)C(=O)/C=C/c2cccc3cccnc23)cc1. The topological polar surface area (TPSA) is 42.4 Å². The molecule has 0 bridgehead atoms. The van der Waals surface area contributed by atoms with E-state index in [0.717, 1.165) is 27.8 Å². The fraction of sp³-hybridized carbons (Fsp3) is 0.182. The minimum atomic E-state index is -0.0492. The van der Waals surface area contributed by atoms with E-state index in [1.54, 1.807) is 24.2 Å². The van der Waals surface area contributed by atoms with Crippen molar-refractivity contribution in [1.29, 1.82) is 0 Å². The van der Waals surface area contributed by atoms with E-state index in [2.05, 4.69) is 4.98 Å². The van der Waals surface area contributed by atoms with Crippen molar-refractivity contribution in [3.05, 3.63) is 78.0 Å². The summed E-state index contributed by atoms with van der Waals surface area (Å²) < 4.78 is 5.44. The molecule has 1 heterocycles. The summed E-state index contributed by atoms with van der Waals surface area (Å²) in [5.74, 6) is 0.792. The van der Waals surface area contributed by atoms with Gasteiger partial charge in [-0.1, -0.05) is 36.4 Å². The highest BCUT2D eigenvalue weighted by molar-refractivity contribution is 5.95. The van der Waals surface area contributed by atoms with Crippen LogP contribution in [-0.4, -0.2) is 29.4 Å². The van der Waals surface area contributed by atoms with Crippen LogP contribution >= 0.6 is 0 Å². The Kier molecular flexibility index (Phi) is 5.64. The number of likely N-dealkylation sites (N-methyl/N-ethyl adjacent to an activating group) is 1. The van der Waals surface area contributed by atoms with Gasteiger partial charge in [0, 0.05) is 36.8 Å². The Morgan fingerprint density at radius 2 is 1.88 bits per heavy atom. The molecule has 0 aliphatic heterocycles. The number of hydrogen-bond donors (Lipinski definition) is 0. The number of nitrogens with zero attached hydrogens (tertiary/aromatic N) is 2. The number of aromatic nitrogens is 1. The van der Waals surface area contributed by atoms with E-state index < -0.39 is 0 Å². The number of carbonyl (C=O) groups is 1. The summed E-state index contributed by atoms with van der Waals surface area (Å²) in [6, 6.07) is 17.7. The second-order valence-corrected chi connectivity index (χ2v) is 6.03. The second-order valence-electron chi connectivity index (χ2n) is 6.03. The Bertz CT molecular complexity index is 912. The van der Waals surface area contributed by atoms with Crippen molar-refractivity contribution in [2.24, 2.45) is 0 Å². The van der Waals surface area contributed by atoms with Crippen LogP contribution in [0.15, 0.2) is 66.9 Å². The van der Waals surface area contributed by atoms with E-state index in [1.807, 2.05) is 67.6 Å². The van der Waals surface area contributed by atoms with Crippen molar-refractivity contribution in [3.63, 3.8) is 0 Å². The lowest BCUT2D eigenvalue weighted by atomic mass is 10.1. The molecule has 0 saturated heterocycles. The Morgan fingerprint density at radius 3 is 2.65 bits per heavy atom. The van der Waals surface area contributed by atoms with Gasteiger partial charge in [-0.3, -0.25) is 9.78 Å². The van der Waals surface area contributed by atoms with E-state index >= 15 is 0 Å². The van der Waals surface area contributed by atoms with Crippen molar-refractivity contribution in [1.82, 2.24) is 9.88 Å². The number of para-hydroxylation sites is 1. The Balaban J connectivity index is 1.67. The lowest BCUT2D eigenvalue weighted by molar-refractivity contribution is -0.125. The largest absolute Gasteiger partial charge is 0.494 e. The summed E-state index contributed by atoms with van der Waals surface area (Å²) in [7, 11) is 1.80. The third kappa shape index (κ3) is 4.28. The minimum Gasteiger partial charge on any atom is -0.494 e. The van der Waals surface area contributed by atoms with Crippen LogP contribution in [0, 0.1) is 0 Å². The Morgan fingerprint density at radius 1 is 1.12 bits per heavy atom. The molecule has 132 valence electrons. The number of pyridine rings is 1. The Hall–Kier alpha value is -3.14. The summed E-state index contributed by atoms with van der Waals surface area (Å²) in [6.45, 7) is 3.15. The quantitative estimate of drug-likeness (QED) is 0.625. The standard InChI is InChI=1S/C22H22N2O2/c1-3-26-20-12-9-17(10-13-20)16-24(2)21(25)14-11-19-7-4-6-18-8-5-15-23-22(18)19/h4-15H,3,16H2,1-2H3/b14-11+. The molecule has 0 N–H and O–H groups in total. The number of amides is 1. The maximum Gasteiger partial charge on any atom is 0.246 e. The van der Waals surface area contributed by atoms with Crippen molar-refractivity contribution in [3.8, 4) is 5.75 Å². The molecule has 2 aromatic carbocycles. The molecule has 26 heavy (non-hydrogen) atoms. The number of fused-ring (bicyclic) bond motifs is 1. The molecule has 1 aromatic heterocycles. The molecule has 3 rings (SSSR count). The van der Waals surface area contributed by atoms with Crippen LogP contribution in [0.25, 0.3) is 17.0 Å². The zero-order chi connectivity index (χ0) is 18.4. The van der Waals surface area contributed by atoms with E-state index in [-0.39, 0.29) is 5.91 Å². The van der Waals surface area contributed by atoms with Gasteiger partial charge in [0.25, 0.3) is 0 Å². The van der Waals surface area contributed by atoms with Crippen LogP contribution in [0.1, 0.15) is 18.1 Å². The third-order valence-electron chi connectivity index (χ3n) is 4.10. The highest BCUT2D eigenvalue weighted by Gasteiger charge is 2.07. The average molecular weight is 346 g/mol. The zero-order valence-electron chi connectivity index (χ0n) is 15.1. The van der Waals surface area contributed by atoms with Crippen molar-refractivity contribution in [2.45, 2.75) is 13.5 Å². The maximum atomic E-state index is 12.4. The van der Waals surface area contributed by atoms with Crippen LogP contribution in [-0.2, 0) is 11.3 Å². The number of rotatable bonds is 6. The van der Waals surface area contributed by atoms with Gasteiger partial charge < -0.3 is 9.64 Å². The maximum absolute atomic E-state index is 12.4. The van der Waals surface area contributed by atoms with Crippen molar-refractivity contribution >= 4 is 22.9 Å². The van der Waals surface area contributed by atoms with Gasteiger partial charge in [0.2, 0.25) is 5.91 Å². The molecule has 0 spiro atoms. The van der Waals surface area contributed by atoms with E-state index in [9.17, 15) is 4.79 Å². The van der Waals surface area contributed by atoms with E-state index in [4.69, 9.17) is 4.74 Å². The van der Waals surface area contributed by atoms with Crippen LogP contribution in [0.5, 0.6) is 5.75 Å². The highest BCUT2D eigenvalue weighted by atomic mass is 16.5. The molecule has 0 fully saturated rings. The normalized spacial score (nSPS) is 11.0. The van der Waals surface area contributed by atoms with Gasteiger partial charge in [-0.25, -0.2) is 0 Å². The van der Waals surface area contributed by atoms with Crippen molar-refractivity contribution in [2.75, 3.05) is 13.7 Å². The highest BCUT2D eigenvalue weighted by Crippen LogP contribution is 2.17. The van der Waals surface area contributed by atoms with Gasteiger partial charge in [-0.2, -0.15) is 0 Å². The molecule has 0 unspecified atom stereocenters. The molecule has 4 heteroatoms. The van der Waals surface area contributed by atoms with Crippen LogP contribution in [0.2, 0.25) is 0 Å². The molecule has 0 radical (unpaired) electrons. The first-order valence-electron chi connectivity index (χ1n) is 8.66. The minimum absolute atomic E-state index is 0.0492. The van der Waals surface area contributed by atoms with E-state index in [1.165, 1.54) is 0 Å². The first kappa shape index (κ1) is 17.7. The smallest absolute Gasteiger partial charge is 0.246 e. The average Bonchev–Trinajstić information content (AvgIpc) is 2.67. The van der Waals surface area contributed by atoms with Crippen molar-refractivity contribution < 1.29 is 9.53 Å². The summed E-state index contributed by atoms with van der Waals surface area (Å²) in [5.41, 5.74) is 2.89. The van der Waals surface area contributed by atoms with Crippen LogP contribution < -0.4 is 4.74 Å². The predicted octanol–water partition coefficient (Wildman–Crippen LogP) is 4.31. The summed E-state index contributed by atoms with van der Waals surface area (Å²) in [5, 5.41) is 1.06.